The molecule has 0 fully saturated rings. The van der Waals surface area contributed by atoms with Crippen LogP contribution >= 0.6 is 0 Å². The monoisotopic (exact) mass is 574 g/mol. The quantitative estimate of drug-likeness (QED) is 0.191. The maximum absolute atomic E-state index is 6.58. The summed E-state index contributed by atoms with van der Waals surface area (Å²) < 4.78 is 6.58. The lowest BCUT2D eigenvalue weighted by atomic mass is 9.43. The Morgan fingerprint density at radius 1 is 0.578 bits per heavy atom. The first-order valence-corrected chi connectivity index (χ1v) is 15.6. The molecule has 7 aromatic carbocycles. The van der Waals surface area contributed by atoms with Gasteiger partial charge in [-0.05, 0) is 93.3 Å². The van der Waals surface area contributed by atoms with Gasteiger partial charge in [0.25, 0.3) is 0 Å². The summed E-state index contributed by atoms with van der Waals surface area (Å²) in [5.74, 6) is 1.77. The highest BCUT2D eigenvalue weighted by atomic mass is 16.5. The van der Waals surface area contributed by atoms with Crippen molar-refractivity contribution in [2.24, 2.45) is 0 Å². The van der Waals surface area contributed by atoms with E-state index in [1.165, 1.54) is 60.9 Å². The van der Waals surface area contributed by atoms with Crippen LogP contribution in [0.3, 0.4) is 0 Å². The molecular formula is C41H27BN2O. The average Bonchev–Trinajstić information content (AvgIpc) is 3.09. The molecule has 3 aliphatic heterocycles. The van der Waals surface area contributed by atoms with Crippen molar-refractivity contribution in [2.75, 3.05) is 9.71 Å². The highest BCUT2D eigenvalue weighted by Crippen LogP contribution is 2.54. The second-order valence-corrected chi connectivity index (χ2v) is 12.2. The first-order valence-electron chi connectivity index (χ1n) is 15.6. The van der Waals surface area contributed by atoms with Crippen LogP contribution in [0.5, 0.6) is 11.5 Å². The molecule has 0 atom stereocenters. The van der Waals surface area contributed by atoms with Gasteiger partial charge >= 0.3 is 6.85 Å². The third-order valence-corrected chi connectivity index (χ3v) is 9.64. The molecule has 0 bridgehead atoms. The zero-order valence-corrected chi connectivity index (χ0v) is 24.7. The fourth-order valence-corrected chi connectivity index (χ4v) is 7.80. The van der Waals surface area contributed by atoms with Crippen molar-refractivity contribution >= 4 is 57.0 Å². The van der Waals surface area contributed by atoms with Crippen molar-refractivity contribution in [3.05, 3.63) is 151 Å². The number of hydrogen-bond acceptors (Lipinski definition) is 3. The minimum absolute atomic E-state index is 0.0353. The van der Waals surface area contributed by atoms with E-state index in [2.05, 4.69) is 162 Å². The van der Waals surface area contributed by atoms with Crippen molar-refractivity contribution < 1.29 is 4.74 Å². The van der Waals surface area contributed by atoms with Crippen LogP contribution < -0.4 is 25.4 Å². The number of rotatable bonds is 2. The van der Waals surface area contributed by atoms with E-state index < -0.39 is 0 Å². The van der Waals surface area contributed by atoms with Crippen LogP contribution in [-0.2, 0) is 0 Å². The molecule has 0 aliphatic carbocycles. The zero-order chi connectivity index (χ0) is 29.6. The number of aryl methyl sites for hydroxylation is 1. The van der Waals surface area contributed by atoms with Crippen LogP contribution in [0.25, 0.3) is 33.0 Å². The van der Waals surface area contributed by atoms with E-state index in [0.717, 1.165) is 28.6 Å². The summed E-state index contributed by atoms with van der Waals surface area (Å²) in [6.45, 7) is 2.19. The lowest BCUT2D eigenvalue weighted by Crippen LogP contribution is -2.61. The summed E-state index contributed by atoms with van der Waals surface area (Å²) in [7, 11) is 0. The van der Waals surface area contributed by atoms with Crippen LogP contribution in [0.2, 0.25) is 0 Å². The van der Waals surface area contributed by atoms with Crippen LogP contribution in [0, 0.1) is 6.92 Å². The summed E-state index contributed by atoms with van der Waals surface area (Å²) >= 11 is 0. The molecule has 4 heteroatoms. The van der Waals surface area contributed by atoms with Gasteiger partial charge in [0.1, 0.15) is 0 Å². The van der Waals surface area contributed by atoms with Crippen molar-refractivity contribution in [2.45, 2.75) is 6.92 Å². The fourth-order valence-electron chi connectivity index (χ4n) is 7.80. The normalized spacial score (nSPS) is 13.5. The molecule has 3 aliphatic rings. The predicted molar refractivity (Wildman–Crippen MR) is 188 cm³/mol. The van der Waals surface area contributed by atoms with Crippen molar-refractivity contribution in [1.82, 2.24) is 0 Å². The van der Waals surface area contributed by atoms with E-state index in [1.807, 2.05) is 0 Å². The molecule has 0 aromatic heterocycles. The van der Waals surface area contributed by atoms with Crippen molar-refractivity contribution in [3.8, 4) is 33.8 Å². The first-order chi connectivity index (χ1) is 22.2. The van der Waals surface area contributed by atoms with Crippen molar-refractivity contribution in [3.63, 3.8) is 0 Å². The minimum Gasteiger partial charge on any atom is -0.453 e. The van der Waals surface area contributed by atoms with E-state index in [4.69, 9.17) is 4.74 Å². The second kappa shape index (κ2) is 9.14. The van der Waals surface area contributed by atoms with Gasteiger partial charge in [-0.3, -0.25) is 0 Å². The molecule has 0 unspecified atom stereocenters. The molecule has 0 saturated heterocycles. The Morgan fingerprint density at radius 3 is 2.22 bits per heavy atom. The van der Waals surface area contributed by atoms with E-state index in [-0.39, 0.29) is 6.85 Å². The number of nitrogens with zero attached hydrogens (tertiary/aromatic N) is 2. The molecule has 0 saturated carbocycles. The minimum atomic E-state index is -0.0353. The summed E-state index contributed by atoms with van der Waals surface area (Å²) in [6, 6.07) is 52.8. The average molecular weight is 574 g/mol. The molecule has 3 nitrogen and oxygen atoms in total. The smallest absolute Gasteiger partial charge is 0.333 e. The Hall–Kier alpha value is -5.74. The van der Waals surface area contributed by atoms with E-state index >= 15 is 0 Å². The molecule has 210 valence electrons. The summed E-state index contributed by atoms with van der Waals surface area (Å²) in [5.41, 5.74) is 14.6. The van der Waals surface area contributed by atoms with Crippen LogP contribution in [0.4, 0.5) is 28.4 Å². The Bertz CT molecular complexity index is 2330. The molecule has 7 aromatic rings. The third kappa shape index (κ3) is 3.42. The highest BCUT2D eigenvalue weighted by molar-refractivity contribution is 6.93. The lowest BCUT2D eigenvalue weighted by Gasteiger charge is -2.47. The van der Waals surface area contributed by atoms with Crippen LogP contribution in [0.15, 0.2) is 146 Å². The molecule has 45 heavy (non-hydrogen) atoms. The number of anilines is 5. The molecule has 0 N–H and O–H groups in total. The Kier molecular flexibility index (Phi) is 5.01. The SMILES string of the molecule is Cc1cc2c3c(c1)N1c4ccccc4Oc4cccc(c41)B3N(c1ccc(-c3ccccc3)cc1)c1ccc3ccccc3c1-2. The second-order valence-electron chi connectivity index (χ2n) is 12.2. The van der Waals surface area contributed by atoms with Gasteiger partial charge in [-0.25, -0.2) is 0 Å². The standard InChI is InChI=1S/C41H27BN2O/c1-26-24-32-39-31-13-6-5-12-29(31)20-23-35(39)44(30-21-18-28(19-22-30)27-10-3-2-4-11-27)42-33-14-9-17-38-41(33)43(36(25-26)40(32)42)34-15-7-8-16-37(34)45-38/h2-25H,1H3. The molecule has 0 radical (unpaired) electrons. The number of ether oxygens (including phenoxy) is 1. The zero-order valence-electron chi connectivity index (χ0n) is 24.7. The molecule has 0 amide bonds. The lowest BCUT2D eigenvalue weighted by molar-refractivity contribution is 0.477. The first kappa shape index (κ1) is 24.7. The van der Waals surface area contributed by atoms with Gasteiger partial charge in [-0.15, -0.1) is 0 Å². The summed E-state index contributed by atoms with van der Waals surface area (Å²) in [4.78, 5) is 5.00. The molecule has 3 heterocycles. The van der Waals surface area contributed by atoms with Gasteiger partial charge in [-0.2, -0.15) is 0 Å². The van der Waals surface area contributed by atoms with Crippen molar-refractivity contribution in [1.29, 1.82) is 0 Å². The van der Waals surface area contributed by atoms with Gasteiger partial charge in [0.05, 0.1) is 11.4 Å². The third-order valence-electron chi connectivity index (χ3n) is 9.64. The topological polar surface area (TPSA) is 15.7 Å². The van der Waals surface area contributed by atoms with E-state index in [0.29, 0.717) is 0 Å². The maximum atomic E-state index is 6.58. The Morgan fingerprint density at radius 2 is 1.33 bits per heavy atom. The van der Waals surface area contributed by atoms with Gasteiger partial charge in [0, 0.05) is 22.6 Å². The number of para-hydroxylation sites is 3. The van der Waals surface area contributed by atoms with E-state index in [1.54, 1.807) is 0 Å². The molecular weight excluding hydrogens is 547 g/mol. The predicted octanol–water partition coefficient (Wildman–Crippen LogP) is 9.63. The van der Waals surface area contributed by atoms with Gasteiger partial charge in [-0.1, -0.05) is 103 Å². The van der Waals surface area contributed by atoms with E-state index in [9.17, 15) is 0 Å². The van der Waals surface area contributed by atoms with Crippen LogP contribution in [-0.4, -0.2) is 6.85 Å². The number of benzene rings is 7. The maximum Gasteiger partial charge on any atom is 0.333 e. The van der Waals surface area contributed by atoms with Gasteiger partial charge in [0.2, 0.25) is 0 Å². The summed E-state index contributed by atoms with van der Waals surface area (Å²) in [6.07, 6.45) is 0. The fraction of sp³-hybridized carbons (Fsp3) is 0.0244. The molecule has 10 rings (SSSR count). The Labute approximate surface area is 262 Å². The molecule has 0 spiro atoms. The number of hydrogen-bond donors (Lipinski definition) is 0. The van der Waals surface area contributed by atoms with Gasteiger partial charge in [0.15, 0.2) is 11.5 Å². The summed E-state index contributed by atoms with van der Waals surface area (Å²) in [5, 5.41) is 2.52. The van der Waals surface area contributed by atoms with Gasteiger partial charge < -0.3 is 14.4 Å². The number of fused-ring (bicyclic) bond motifs is 8. The Balaban J connectivity index is 1.30. The largest absolute Gasteiger partial charge is 0.453 e. The van der Waals surface area contributed by atoms with Crippen LogP contribution in [0.1, 0.15) is 5.56 Å². The highest BCUT2D eigenvalue weighted by Gasteiger charge is 2.47.